The van der Waals surface area contributed by atoms with E-state index in [4.69, 9.17) is 5.73 Å². The van der Waals surface area contributed by atoms with Crippen LogP contribution in [0.3, 0.4) is 0 Å². The Morgan fingerprint density at radius 3 is 2.91 bits per heavy atom. The van der Waals surface area contributed by atoms with Crippen molar-refractivity contribution in [1.29, 1.82) is 0 Å². The number of aryl methyl sites for hydroxylation is 1. The molecule has 6 heteroatoms. The zero-order valence-electron chi connectivity index (χ0n) is 14.0. The van der Waals surface area contributed by atoms with E-state index in [0.717, 1.165) is 41.5 Å². The van der Waals surface area contributed by atoms with E-state index in [1.165, 1.54) is 0 Å². The molecule has 1 saturated heterocycles. The molecule has 0 spiro atoms. The van der Waals surface area contributed by atoms with Gasteiger partial charge in [0, 0.05) is 42.1 Å². The van der Waals surface area contributed by atoms with Crippen molar-refractivity contribution in [2.24, 2.45) is 11.7 Å². The van der Waals surface area contributed by atoms with Crippen molar-refractivity contribution in [3.63, 3.8) is 0 Å². The molecular formula is C17H24N4OS. The fraction of sp³-hybridized carbons (Fsp3) is 0.529. The zero-order chi connectivity index (χ0) is 16.6. The average Bonchev–Trinajstić information content (AvgIpc) is 3.14. The maximum Gasteiger partial charge on any atom is 0.255 e. The molecule has 0 saturated carbocycles. The first-order chi connectivity index (χ1) is 11.0. The van der Waals surface area contributed by atoms with Gasteiger partial charge < -0.3 is 10.6 Å². The highest BCUT2D eigenvalue weighted by Gasteiger charge is 2.31. The van der Waals surface area contributed by atoms with Gasteiger partial charge in [-0.2, -0.15) is 0 Å². The van der Waals surface area contributed by atoms with Crippen molar-refractivity contribution in [1.82, 2.24) is 14.5 Å². The molecule has 0 aliphatic carbocycles. The number of piperidine rings is 1. The average molecular weight is 332 g/mol. The normalized spacial score (nSPS) is 21.7. The summed E-state index contributed by atoms with van der Waals surface area (Å²) in [5, 5.41) is 2.85. The van der Waals surface area contributed by atoms with Gasteiger partial charge in [-0.3, -0.25) is 9.36 Å². The third kappa shape index (κ3) is 2.93. The van der Waals surface area contributed by atoms with E-state index in [9.17, 15) is 4.79 Å². The molecule has 0 bridgehead atoms. The third-order valence-corrected chi connectivity index (χ3v) is 5.54. The van der Waals surface area contributed by atoms with Gasteiger partial charge in [0.15, 0.2) is 5.13 Å². The lowest BCUT2D eigenvalue weighted by Crippen LogP contribution is -2.49. The van der Waals surface area contributed by atoms with Gasteiger partial charge in [0.1, 0.15) is 0 Å². The maximum absolute atomic E-state index is 13.1. The lowest BCUT2D eigenvalue weighted by Gasteiger charge is -2.38. The number of carbonyl (C=O) groups excluding carboxylic acids is 1. The second kappa shape index (κ2) is 6.45. The predicted octanol–water partition coefficient (Wildman–Crippen LogP) is 2.75. The Bertz CT molecular complexity index is 692. The number of hydrogen-bond acceptors (Lipinski definition) is 4. The molecule has 2 aromatic rings. The van der Waals surface area contributed by atoms with E-state index < -0.39 is 0 Å². The summed E-state index contributed by atoms with van der Waals surface area (Å²) < 4.78 is 2.06. The molecule has 23 heavy (non-hydrogen) atoms. The third-order valence-electron chi connectivity index (χ3n) is 4.78. The summed E-state index contributed by atoms with van der Waals surface area (Å²) in [5.74, 6) is 0.735. The molecule has 3 rings (SSSR count). The van der Waals surface area contributed by atoms with E-state index in [1.807, 2.05) is 30.2 Å². The first-order valence-electron chi connectivity index (χ1n) is 8.12. The minimum absolute atomic E-state index is 0.100. The van der Waals surface area contributed by atoms with E-state index in [1.54, 1.807) is 17.5 Å². The quantitative estimate of drug-likeness (QED) is 0.940. The first-order valence-corrected chi connectivity index (χ1v) is 9.00. The minimum Gasteiger partial charge on any atom is -0.334 e. The molecule has 1 aliphatic rings. The Morgan fingerprint density at radius 1 is 1.48 bits per heavy atom. The summed E-state index contributed by atoms with van der Waals surface area (Å²) >= 11 is 1.58. The number of nitrogens with zero attached hydrogens (tertiary/aromatic N) is 3. The molecule has 2 atom stereocenters. The predicted molar refractivity (Wildman–Crippen MR) is 93.2 cm³/mol. The SMILES string of the molecule is Cc1cc(C(=O)N2CCC(C)CC2CN)c(C)n1-c1nccs1. The number of aromatic nitrogens is 2. The summed E-state index contributed by atoms with van der Waals surface area (Å²) in [6.07, 6.45) is 3.83. The molecule has 0 radical (unpaired) electrons. The van der Waals surface area contributed by atoms with Crippen molar-refractivity contribution in [2.75, 3.05) is 13.1 Å². The van der Waals surface area contributed by atoms with Gasteiger partial charge in [-0.25, -0.2) is 4.98 Å². The van der Waals surface area contributed by atoms with Crippen molar-refractivity contribution >= 4 is 17.2 Å². The topological polar surface area (TPSA) is 64.2 Å². The Morgan fingerprint density at radius 2 is 2.26 bits per heavy atom. The van der Waals surface area contributed by atoms with Crippen molar-refractivity contribution in [2.45, 2.75) is 39.7 Å². The number of nitrogens with two attached hydrogens (primary N) is 1. The van der Waals surface area contributed by atoms with E-state index >= 15 is 0 Å². The summed E-state index contributed by atoms with van der Waals surface area (Å²) in [4.78, 5) is 19.4. The zero-order valence-corrected chi connectivity index (χ0v) is 14.8. The summed E-state index contributed by atoms with van der Waals surface area (Å²) in [7, 11) is 0. The highest BCUT2D eigenvalue weighted by Crippen LogP contribution is 2.27. The molecule has 3 heterocycles. The Kier molecular flexibility index (Phi) is 4.55. The van der Waals surface area contributed by atoms with Crippen LogP contribution in [0.15, 0.2) is 17.6 Å². The van der Waals surface area contributed by atoms with Gasteiger partial charge in [0.2, 0.25) is 0 Å². The highest BCUT2D eigenvalue weighted by molar-refractivity contribution is 7.12. The number of carbonyl (C=O) groups is 1. The molecule has 1 fully saturated rings. The monoisotopic (exact) mass is 332 g/mol. The van der Waals surface area contributed by atoms with Crippen LogP contribution < -0.4 is 5.73 Å². The molecule has 2 N–H and O–H groups in total. The first kappa shape index (κ1) is 16.2. The lowest BCUT2D eigenvalue weighted by atomic mass is 9.92. The van der Waals surface area contributed by atoms with Crippen LogP contribution in [-0.4, -0.2) is 39.5 Å². The second-order valence-electron chi connectivity index (χ2n) is 6.45. The fourth-order valence-electron chi connectivity index (χ4n) is 3.50. The largest absolute Gasteiger partial charge is 0.334 e. The van der Waals surface area contributed by atoms with E-state index in [2.05, 4.69) is 16.5 Å². The number of amides is 1. The highest BCUT2D eigenvalue weighted by atomic mass is 32.1. The van der Waals surface area contributed by atoms with Crippen LogP contribution in [0.1, 0.15) is 41.5 Å². The van der Waals surface area contributed by atoms with Crippen LogP contribution in [0.25, 0.3) is 5.13 Å². The lowest BCUT2D eigenvalue weighted by molar-refractivity contribution is 0.0573. The van der Waals surface area contributed by atoms with Gasteiger partial charge in [-0.15, -0.1) is 11.3 Å². The Balaban J connectivity index is 1.93. The number of hydrogen-bond donors (Lipinski definition) is 1. The van der Waals surface area contributed by atoms with E-state index in [-0.39, 0.29) is 11.9 Å². The fourth-order valence-corrected chi connectivity index (χ4v) is 4.25. The molecule has 5 nitrogen and oxygen atoms in total. The molecule has 0 aromatic carbocycles. The van der Waals surface area contributed by atoms with Crippen LogP contribution in [-0.2, 0) is 0 Å². The number of likely N-dealkylation sites (tertiary alicyclic amines) is 1. The smallest absolute Gasteiger partial charge is 0.255 e. The molecule has 1 aliphatic heterocycles. The standard InChI is InChI=1S/C17H24N4OS/c1-11-4-6-20(14(8-11)10-18)16(22)15-9-12(2)21(13(15)3)17-19-5-7-23-17/h5,7,9,11,14H,4,6,8,10,18H2,1-3H3. The molecule has 2 aromatic heterocycles. The van der Waals surface area contributed by atoms with Crippen LogP contribution >= 0.6 is 11.3 Å². The molecule has 124 valence electrons. The van der Waals surface area contributed by atoms with Gasteiger partial charge >= 0.3 is 0 Å². The maximum atomic E-state index is 13.1. The van der Waals surface area contributed by atoms with Gasteiger partial charge in [0.05, 0.1) is 5.56 Å². The second-order valence-corrected chi connectivity index (χ2v) is 7.33. The Hall–Kier alpha value is -1.66. The van der Waals surface area contributed by atoms with Crippen molar-refractivity contribution in [3.8, 4) is 5.13 Å². The van der Waals surface area contributed by atoms with Gasteiger partial charge in [-0.05, 0) is 38.7 Å². The number of rotatable bonds is 3. The molecule has 1 amide bonds. The van der Waals surface area contributed by atoms with Crippen LogP contribution in [0.2, 0.25) is 0 Å². The molecule has 2 unspecified atom stereocenters. The van der Waals surface area contributed by atoms with Crippen molar-refractivity contribution < 1.29 is 4.79 Å². The van der Waals surface area contributed by atoms with Crippen LogP contribution in [0.5, 0.6) is 0 Å². The molecular weight excluding hydrogens is 308 g/mol. The summed E-state index contributed by atoms with van der Waals surface area (Å²) in [6.45, 7) is 7.57. The van der Waals surface area contributed by atoms with Gasteiger partial charge in [0.25, 0.3) is 5.91 Å². The van der Waals surface area contributed by atoms with Crippen LogP contribution in [0.4, 0.5) is 0 Å². The minimum atomic E-state index is 0.100. The Labute approximate surface area is 141 Å². The van der Waals surface area contributed by atoms with Crippen LogP contribution in [0, 0.1) is 19.8 Å². The summed E-state index contributed by atoms with van der Waals surface area (Å²) in [6, 6.07) is 2.12. The summed E-state index contributed by atoms with van der Waals surface area (Å²) in [5.41, 5.74) is 8.68. The van der Waals surface area contributed by atoms with Gasteiger partial charge in [-0.1, -0.05) is 6.92 Å². The van der Waals surface area contributed by atoms with Crippen molar-refractivity contribution in [3.05, 3.63) is 34.6 Å². The van der Waals surface area contributed by atoms with E-state index in [0.29, 0.717) is 12.5 Å². The number of thiazole rings is 1.